The Bertz CT molecular complexity index is 1350. The number of anilines is 1. The summed E-state index contributed by atoms with van der Waals surface area (Å²) in [7, 11) is 1.56. The standard InChI is InChI=1S/C31H34ClN3O5/c1-18-6-3-4-9-23(18)34-29(37)27-31-15-14-24(40-31)25(28(36)33-21-7-5-8-22(16-21)39-2)26(31)30(38)35(27)17-19-10-12-20(32)13-11-19/h5,7-8,10-16,18,23-27H,3-4,6,9,17H2,1-2H3,(H,33,36)(H,34,37)/t18-,23+,24+,25-,26+,27+,31+/m0/s1. The van der Waals surface area contributed by atoms with Gasteiger partial charge in [0.2, 0.25) is 17.7 Å². The van der Waals surface area contributed by atoms with E-state index in [1.165, 1.54) is 0 Å². The second-order valence-corrected chi connectivity index (χ2v) is 11.8. The molecular weight excluding hydrogens is 530 g/mol. The number of benzene rings is 2. The number of rotatable bonds is 7. The van der Waals surface area contributed by atoms with Gasteiger partial charge in [0.25, 0.3) is 0 Å². The number of nitrogens with zero attached hydrogens (tertiary/aromatic N) is 1. The van der Waals surface area contributed by atoms with E-state index in [1.807, 2.05) is 24.3 Å². The zero-order valence-electron chi connectivity index (χ0n) is 22.6. The molecule has 8 nitrogen and oxygen atoms in total. The van der Waals surface area contributed by atoms with E-state index in [2.05, 4.69) is 17.6 Å². The van der Waals surface area contributed by atoms with Gasteiger partial charge in [0.15, 0.2) is 0 Å². The topological polar surface area (TPSA) is 97.0 Å². The zero-order chi connectivity index (χ0) is 28.0. The van der Waals surface area contributed by atoms with Gasteiger partial charge in [-0.15, -0.1) is 0 Å². The molecule has 3 amide bonds. The first-order chi connectivity index (χ1) is 19.3. The fourth-order valence-corrected chi connectivity index (χ4v) is 7.07. The molecule has 2 saturated heterocycles. The Morgan fingerprint density at radius 2 is 1.90 bits per heavy atom. The number of likely N-dealkylation sites (tertiary alicyclic amines) is 1. The van der Waals surface area contributed by atoms with E-state index in [0.717, 1.165) is 31.2 Å². The number of carbonyl (C=O) groups is 3. The third kappa shape index (κ3) is 4.57. The van der Waals surface area contributed by atoms with Gasteiger partial charge in [-0.05, 0) is 48.6 Å². The average molecular weight is 564 g/mol. The number of nitrogens with one attached hydrogen (secondary N) is 2. The first kappa shape index (κ1) is 26.8. The van der Waals surface area contributed by atoms with E-state index in [1.54, 1.807) is 48.4 Å². The number of hydrogen-bond acceptors (Lipinski definition) is 5. The zero-order valence-corrected chi connectivity index (χ0v) is 23.4. The highest BCUT2D eigenvalue weighted by Crippen LogP contribution is 2.55. The van der Waals surface area contributed by atoms with Gasteiger partial charge in [-0.25, -0.2) is 0 Å². The molecule has 2 bridgehead atoms. The number of carbonyl (C=O) groups excluding carboxylic acids is 3. The molecule has 3 fully saturated rings. The van der Waals surface area contributed by atoms with Crippen LogP contribution in [-0.4, -0.2) is 53.5 Å². The van der Waals surface area contributed by atoms with Crippen LogP contribution in [0.15, 0.2) is 60.7 Å². The maximum Gasteiger partial charge on any atom is 0.246 e. The molecule has 0 unspecified atom stereocenters. The van der Waals surface area contributed by atoms with Gasteiger partial charge in [-0.3, -0.25) is 14.4 Å². The molecule has 1 spiro atoms. The maximum absolute atomic E-state index is 14.2. The third-order valence-corrected chi connectivity index (χ3v) is 9.22. The van der Waals surface area contributed by atoms with Crippen LogP contribution in [0.3, 0.4) is 0 Å². The van der Waals surface area contributed by atoms with Crippen LogP contribution in [0.5, 0.6) is 5.75 Å². The smallest absolute Gasteiger partial charge is 0.246 e. The molecular formula is C31H34ClN3O5. The van der Waals surface area contributed by atoms with Crippen LogP contribution in [0.2, 0.25) is 5.02 Å². The molecule has 2 aromatic carbocycles. The lowest BCUT2D eigenvalue weighted by Crippen LogP contribution is -2.57. The summed E-state index contributed by atoms with van der Waals surface area (Å²) in [5.74, 6) is -1.45. The summed E-state index contributed by atoms with van der Waals surface area (Å²) in [5.41, 5.74) is 0.190. The van der Waals surface area contributed by atoms with Crippen molar-refractivity contribution in [3.8, 4) is 5.75 Å². The molecule has 0 aromatic heterocycles. The Hall–Kier alpha value is -3.36. The van der Waals surface area contributed by atoms with Crippen LogP contribution in [0.25, 0.3) is 0 Å². The quantitative estimate of drug-likeness (QED) is 0.489. The third-order valence-electron chi connectivity index (χ3n) is 8.97. The summed E-state index contributed by atoms with van der Waals surface area (Å²) in [6.07, 6.45) is 7.25. The lowest BCUT2D eigenvalue weighted by Gasteiger charge is -2.36. The predicted octanol–water partition coefficient (Wildman–Crippen LogP) is 4.33. The molecule has 6 rings (SSSR count). The molecule has 1 aliphatic carbocycles. The summed E-state index contributed by atoms with van der Waals surface area (Å²) in [5, 5.41) is 6.79. The monoisotopic (exact) mass is 563 g/mol. The summed E-state index contributed by atoms with van der Waals surface area (Å²) >= 11 is 6.10. The lowest BCUT2D eigenvalue weighted by molar-refractivity contribution is -0.142. The number of halogens is 1. The Morgan fingerprint density at radius 3 is 2.65 bits per heavy atom. The van der Waals surface area contributed by atoms with Gasteiger partial charge >= 0.3 is 0 Å². The van der Waals surface area contributed by atoms with Crippen molar-refractivity contribution in [1.82, 2.24) is 10.2 Å². The van der Waals surface area contributed by atoms with Crippen LogP contribution < -0.4 is 15.4 Å². The van der Waals surface area contributed by atoms with Crippen LogP contribution in [0, 0.1) is 17.8 Å². The maximum atomic E-state index is 14.2. The van der Waals surface area contributed by atoms with Gasteiger partial charge in [0, 0.05) is 29.4 Å². The number of ether oxygens (including phenoxy) is 2. The van der Waals surface area contributed by atoms with E-state index in [-0.39, 0.29) is 30.3 Å². The first-order valence-electron chi connectivity index (χ1n) is 14.0. The number of fused-ring (bicyclic) bond motifs is 1. The van der Waals surface area contributed by atoms with E-state index < -0.39 is 29.6 Å². The van der Waals surface area contributed by atoms with Gasteiger partial charge in [0.1, 0.15) is 17.4 Å². The fraction of sp³-hybridized carbons (Fsp3) is 0.452. The molecule has 4 aliphatic rings. The summed E-state index contributed by atoms with van der Waals surface area (Å²) in [6.45, 7) is 2.37. The molecule has 1 saturated carbocycles. The van der Waals surface area contributed by atoms with Crippen molar-refractivity contribution in [2.45, 2.75) is 62.9 Å². The van der Waals surface area contributed by atoms with Crippen LogP contribution >= 0.6 is 11.6 Å². The highest BCUT2D eigenvalue weighted by Gasteiger charge is 2.72. The van der Waals surface area contributed by atoms with Crippen LogP contribution in [-0.2, 0) is 25.7 Å². The van der Waals surface area contributed by atoms with Crippen LogP contribution in [0.4, 0.5) is 5.69 Å². The van der Waals surface area contributed by atoms with E-state index in [9.17, 15) is 14.4 Å². The van der Waals surface area contributed by atoms with E-state index in [4.69, 9.17) is 21.1 Å². The van der Waals surface area contributed by atoms with E-state index in [0.29, 0.717) is 22.4 Å². The normalized spacial score (nSPS) is 32.2. The molecule has 7 atom stereocenters. The molecule has 3 heterocycles. The second kappa shape index (κ2) is 10.6. The minimum absolute atomic E-state index is 0.0407. The van der Waals surface area contributed by atoms with Gasteiger partial charge in [-0.1, -0.05) is 61.7 Å². The average Bonchev–Trinajstić information content (AvgIpc) is 3.59. The minimum Gasteiger partial charge on any atom is -0.497 e. The van der Waals surface area contributed by atoms with Crippen molar-refractivity contribution in [2.75, 3.05) is 12.4 Å². The molecule has 2 N–H and O–H groups in total. The summed E-state index contributed by atoms with van der Waals surface area (Å²) < 4.78 is 11.8. The predicted molar refractivity (Wildman–Crippen MR) is 151 cm³/mol. The summed E-state index contributed by atoms with van der Waals surface area (Å²) in [4.78, 5) is 43.5. The second-order valence-electron chi connectivity index (χ2n) is 11.4. The van der Waals surface area contributed by atoms with Crippen molar-refractivity contribution in [2.24, 2.45) is 17.8 Å². The van der Waals surface area contributed by atoms with Crippen molar-refractivity contribution in [1.29, 1.82) is 0 Å². The van der Waals surface area contributed by atoms with Crippen molar-refractivity contribution in [3.63, 3.8) is 0 Å². The minimum atomic E-state index is -1.22. The van der Waals surface area contributed by atoms with Gasteiger partial charge < -0.3 is 25.0 Å². The van der Waals surface area contributed by atoms with Gasteiger partial charge in [0.05, 0.1) is 25.0 Å². The Kier molecular flexibility index (Phi) is 7.09. The van der Waals surface area contributed by atoms with E-state index >= 15 is 0 Å². The van der Waals surface area contributed by atoms with Crippen molar-refractivity contribution in [3.05, 3.63) is 71.3 Å². The Balaban J connectivity index is 1.32. The van der Waals surface area contributed by atoms with Crippen LogP contribution in [0.1, 0.15) is 38.2 Å². The van der Waals surface area contributed by atoms with Crippen molar-refractivity contribution >= 4 is 35.0 Å². The fourth-order valence-electron chi connectivity index (χ4n) is 6.94. The number of methoxy groups -OCH3 is 1. The first-order valence-corrected chi connectivity index (χ1v) is 14.4. The molecule has 2 aromatic rings. The SMILES string of the molecule is COc1cccc(NC(=O)[C@H]2[C@H]3C=C[C@@]4(O3)[C@H]2C(=O)N(Cc2ccc(Cl)cc2)[C@@H]4C(=O)N[C@@H]2CCCC[C@@H]2C)c1. The number of amides is 3. The summed E-state index contributed by atoms with van der Waals surface area (Å²) in [6, 6.07) is 13.4. The highest BCUT2D eigenvalue weighted by atomic mass is 35.5. The molecule has 210 valence electrons. The molecule has 9 heteroatoms. The molecule has 0 radical (unpaired) electrons. The lowest BCUT2D eigenvalue weighted by atomic mass is 9.74. The highest BCUT2D eigenvalue weighted by molar-refractivity contribution is 6.30. The van der Waals surface area contributed by atoms with Crippen molar-refractivity contribution < 1.29 is 23.9 Å². The molecule has 3 aliphatic heterocycles. The number of hydrogen-bond donors (Lipinski definition) is 2. The largest absolute Gasteiger partial charge is 0.497 e. The Morgan fingerprint density at radius 1 is 1.12 bits per heavy atom. The Labute approximate surface area is 239 Å². The van der Waals surface area contributed by atoms with Gasteiger partial charge in [-0.2, -0.15) is 0 Å². The molecule has 40 heavy (non-hydrogen) atoms.